The van der Waals surface area contributed by atoms with E-state index in [4.69, 9.17) is 14.2 Å². The molecule has 6 heteroatoms. The first-order chi connectivity index (χ1) is 13.1. The predicted octanol–water partition coefficient (Wildman–Crippen LogP) is 5.17. The molecule has 0 bridgehead atoms. The van der Waals surface area contributed by atoms with E-state index in [2.05, 4.69) is 22.9 Å². The summed E-state index contributed by atoms with van der Waals surface area (Å²) in [5, 5.41) is 0.749. The molecule has 144 valence electrons. The number of hydrogen-bond donors (Lipinski definition) is 0. The monoisotopic (exact) mass is 434 g/mol. The van der Waals surface area contributed by atoms with Crippen molar-refractivity contribution >= 4 is 27.9 Å². The van der Waals surface area contributed by atoms with Gasteiger partial charge in [0.25, 0.3) is 0 Å². The summed E-state index contributed by atoms with van der Waals surface area (Å²) in [7, 11) is 0. The Morgan fingerprint density at radius 2 is 1.44 bits per heavy atom. The van der Waals surface area contributed by atoms with E-state index in [0.717, 1.165) is 23.9 Å². The molecule has 0 spiro atoms. The summed E-state index contributed by atoms with van der Waals surface area (Å²) in [5.41, 5.74) is 0.374. The van der Waals surface area contributed by atoms with Gasteiger partial charge in [0.05, 0.1) is 12.2 Å². The lowest BCUT2D eigenvalue weighted by Crippen LogP contribution is -2.10. The van der Waals surface area contributed by atoms with Gasteiger partial charge in [0.15, 0.2) is 0 Å². The minimum absolute atomic E-state index is 0.300. The Kier molecular flexibility index (Phi) is 8.84. The van der Waals surface area contributed by atoms with Crippen molar-refractivity contribution in [3.8, 4) is 17.2 Å². The van der Waals surface area contributed by atoms with Crippen LogP contribution in [0.15, 0.2) is 48.5 Å². The van der Waals surface area contributed by atoms with E-state index in [9.17, 15) is 9.59 Å². The van der Waals surface area contributed by atoms with Crippen molar-refractivity contribution in [3.05, 3.63) is 54.1 Å². The molecule has 0 fully saturated rings. The molecule has 0 heterocycles. The lowest BCUT2D eigenvalue weighted by molar-refractivity contribution is -0.134. The van der Waals surface area contributed by atoms with Crippen LogP contribution in [-0.2, 0) is 4.79 Å². The van der Waals surface area contributed by atoms with Crippen LogP contribution in [0.5, 0.6) is 17.2 Å². The number of esters is 2. The fraction of sp³-hybridized carbons (Fsp3) is 0.333. The van der Waals surface area contributed by atoms with Crippen molar-refractivity contribution < 1.29 is 23.8 Å². The van der Waals surface area contributed by atoms with Crippen LogP contribution in [0.3, 0.4) is 0 Å². The maximum absolute atomic E-state index is 12.2. The Balaban J connectivity index is 1.87. The first kappa shape index (κ1) is 21.0. The van der Waals surface area contributed by atoms with Crippen LogP contribution in [0, 0.1) is 0 Å². The second-order valence-electron chi connectivity index (χ2n) is 5.85. The Hall–Kier alpha value is -2.34. The summed E-state index contributed by atoms with van der Waals surface area (Å²) >= 11 is 3.27. The van der Waals surface area contributed by atoms with Crippen molar-refractivity contribution in [2.45, 2.75) is 32.6 Å². The van der Waals surface area contributed by atoms with Gasteiger partial charge in [0.2, 0.25) is 0 Å². The quantitative estimate of drug-likeness (QED) is 0.223. The number of alkyl halides is 1. The van der Waals surface area contributed by atoms with Gasteiger partial charge < -0.3 is 14.2 Å². The fourth-order valence-corrected chi connectivity index (χ4v) is 2.44. The summed E-state index contributed by atoms with van der Waals surface area (Å²) in [6.45, 7) is 2.77. The zero-order valence-corrected chi connectivity index (χ0v) is 16.9. The number of ether oxygens (including phenoxy) is 3. The lowest BCUT2D eigenvalue weighted by Gasteiger charge is -2.08. The van der Waals surface area contributed by atoms with E-state index >= 15 is 0 Å². The first-order valence-corrected chi connectivity index (χ1v) is 10.1. The standard InChI is InChI=1S/C21H23BrO5/c1-2-3-15-25-17-10-12-19(13-11-17)27-21(24)16-6-8-18(9-7-16)26-20(23)5-4-14-22/h6-13H,2-5,14-15H2,1H3. The normalized spacial score (nSPS) is 10.3. The molecule has 0 aliphatic heterocycles. The van der Waals surface area contributed by atoms with Crippen LogP contribution in [0.1, 0.15) is 43.0 Å². The summed E-state index contributed by atoms with van der Waals surface area (Å²) in [4.78, 5) is 23.8. The number of rotatable bonds is 10. The molecule has 2 rings (SSSR count). The van der Waals surface area contributed by atoms with E-state index in [1.807, 2.05) is 0 Å². The van der Waals surface area contributed by atoms with Crippen LogP contribution in [0.2, 0.25) is 0 Å². The second-order valence-corrected chi connectivity index (χ2v) is 6.65. The van der Waals surface area contributed by atoms with Crippen LogP contribution in [-0.4, -0.2) is 23.9 Å². The molecule has 2 aromatic rings. The average Bonchev–Trinajstić information content (AvgIpc) is 2.68. The third-order valence-corrected chi connectivity index (χ3v) is 4.20. The maximum Gasteiger partial charge on any atom is 0.343 e. The van der Waals surface area contributed by atoms with Crippen molar-refractivity contribution in [3.63, 3.8) is 0 Å². The third kappa shape index (κ3) is 7.43. The molecule has 0 saturated heterocycles. The van der Waals surface area contributed by atoms with Gasteiger partial charge in [-0.2, -0.15) is 0 Å². The molecular formula is C21H23BrO5. The van der Waals surface area contributed by atoms with Crippen molar-refractivity contribution in [1.82, 2.24) is 0 Å². The van der Waals surface area contributed by atoms with Crippen LogP contribution < -0.4 is 14.2 Å². The highest BCUT2D eigenvalue weighted by Gasteiger charge is 2.10. The molecular weight excluding hydrogens is 412 g/mol. The molecule has 0 amide bonds. The summed E-state index contributed by atoms with van der Waals surface area (Å²) in [6.07, 6.45) is 3.13. The number of carbonyl (C=O) groups is 2. The third-order valence-electron chi connectivity index (χ3n) is 3.64. The van der Waals surface area contributed by atoms with Gasteiger partial charge in [0.1, 0.15) is 17.2 Å². The van der Waals surface area contributed by atoms with Gasteiger partial charge in [-0.25, -0.2) is 4.79 Å². The number of hydrogen-bond acceptors (Lipinski definition) is 5. The highest BCUT2D eigenvalue weighted by atomic mass is 79.9. The molecule has 0 aromatic heterocycles. The van der Waals surface area contributed by atoms with Crippen molar-refractivity contribution in [2.24, 2.45) is 0 Å². The SMILES string of the molecule is CCCCOc1ccc(OC(=O)c2ccc(OC(=O)CCCBr)cc2)cc1. The number of benzene rings is 2. The Morgan fingerprint density at radius 3 is 2.07 bits per heavy atom. The lowest BCUT2D eigenvalue weighted by atomic mass is 10.2. The van der Waals surface area contributed by atoms with E-state index in [-0.39, 0.29) is 5.97 Å². The fourth-order valence-electron chi connectivity index (χ4n) is 2.16. The molecule has 0 saturated carbocycles. The van der Waals surface area contributed by atoms with Gasteiger partial charge in [-0.05, 0) is 61.4 Å². The predicted molar refractivity (Wildman–Crippen MR) is 107 cm³/mol. The summed E-state index contributed by atoms with van der Waals surface area (Å²) < 4.78 is 16.1. The molecule has 0 atom stereocenters. The smallest absolute Gasteiger partial charge is 0.343 e. The van der Waals surface area contributed by atoms with Gasteiger partial charge >= 0.3 is 11.9 Å². The van der Waals surface area contributed by atoms with Gasteiger partial charge in [-0.1, -0.05) is 29.3 Å². The van der Waals surface area contributed by atoms with Gasteiger partial charge in [-0.3, -0.25) is 4.79 Å². The van der Waals surface area contributed by atoms with E-state index in [1.165, 1.54) is 0 Å². The topological polar surface area (TPSA) is 61.8 Å². The van der Waals surface area contributed by atoms with Crippen LogP contribution in [0.25, 0.3) is 0 Å². The Morgan fingerprint density at radius 1 is 0.852 bits per heavy atom. The molecule has 5 nitrogen and oxygen atoms in total. The van der Waals surface area contributed by atoms with Crippen molar-refractivity contribution in [2.75, 3.05) is 11.9 Å². The zero-order valence-electron chi connectivity index (χ0n) is 15.3. The summed E-state index contributed by atoms with van der Waals surface area (Å²) in [6, 6.07) is 13.2. The Labute approximate surface area is 167 Å². The highest BCUT2D eigenvalue weighted by molar-refractivity contribution is 9.09. The van der Waals surface area contributed by atoms with Crippen molar-refractivity contribution in [1.29, 1.82) is 0 Å². The molecule has 0 N–H and O–H groups in total. The van der Waals surface area contributed by atoms with E-state index < -0.39 is 5.97 Å². The van der Waals surface area contributed by atoms with Crippen LogP contribution in [0.4, 0.5) is 0 Å². The summed E-state index contributed by atoms with van der Waals surface area (Å²) in [5.74, 6) is 0.806. The highest BCUT2D eigenvalue weighted by Crippen LogP contribution is 2.20. The zero-order chi connectivity index (χ0) is 19.5. The number of carbonyl (C=O) groups excluding carboxylic acids is 2. The number of unbranched alkanes of at least 4 members (excludes halogenated alkanes) is 1. The largest absolute Gasteiger partial charge is 0.494 e. The van der Waals surface area contributed by atoms with E-state index in [1.54, 1.807) is 48.5 Å². The molecule has 0 aliphatic rings. The molecule has 27 heavy (non-hydrogen) atoms. The second kappa shape index (κ2) is 11.4. The van der Waals surface area contributed by atoms with E-state index in [0.29, 0.717) is 36.5 Å². The average molecular weight is 435 g/mol. The first-order valence-electron chi connectivity index (χ1n) is 8.94. The maximum atomic E-state index is 12.2. The minimum atomic E-state index is -0.480. The van der Waals surface area contributed by atoms with Crippen LogP contribution >= 0.6 is 15.9 Å². The van der Waals surface area contributed by atoms with Gasteiger partial charge in [-0.15, -0.1) is 0 Å². The minimum Gasteiger partial charge on any atom is -0.494 e. The van der Waals surface area contributed by atoms with Gasteiger partial charge in [0, 0.05) is 11.8 Å². The molecule has 2 aromatic carbocycles. The number of halogens is 1. The molecule has 0 aliphatic carbocycles. The molecule has 0 radical (unpaired) electrons. The molecule has 0 unspecified atom stereocenters. The Bertz CT molecular complexity index is 725.